The van der Waals surface area contributed by atoms with Gasteiger partial charge in [0.1, 0.15) is 0 Å². The maximum atomic E-state index is 11.9. The summed E-state index contributed by atoms with van der Waals surface area (Å²) in [6.07, 6.45) is 1.11. The fourth-order valence-electron chi connectivity index (χ4n) is 0.559. The van der Waals surface area contributed by atoms with Gasteiger partial charge in [-0.1, -0.05) is 26.8 Å². The molecule has 0 aromatic heterocycles. The molecule has 0 aromatic carbocycles. The lowest BCUT2D eigenvalue weighted by Gasteiger charge is -2.04. The van der Waals surface area contributed by atoms with E-state index >= 15 is 0 Å². The zero-order chi connectivity index (χ0) is 13.0. The molecule has 3 N–H and O–H groups in total. The highest BCUT2D eigenvalue weighted by Crippen LogP contribution is 1.84. The molecule has 0 rings (SSSR count). The Morgan fingerprint density at radius 2 is 2.00 bits per heavy atom. The quantitative estimate of drug-likeness (QED) is 0.393. The van der Waals surface area contributed by atoms with Gasteiger partial charge in [0.15, 0.2) is 0 Å². The molecule has 5 nitrogen and oxygen atoms in total. The van der Waals surface area contributed by atoms with Crippen molar-refractivity contribution in [2.24, 2.45) is 4.99 Å². The van der Waals surface area contributed by atoms with Crippen LogP contribution in [-0.4, -0.2) is 23.6 Å². The summed E-state index contributed by atoms with van der Waals surface area (Å²) in [6, 6.07) is 0. The maximum absolute atomic E-state index is 11.9. The lowest BCUT2D eigenvalue weighted by atomic mass is 10.4. The van der Waals surface area contributed by atoms with E-state index in [0.29, 0.717) is 5.70 Å². The molecule has 94 valence electrons. The van der Waals surface area contributed by atoms with Gasteiger partial charge in [-0.3, -0.25) is 9.79 Å². The van der Waals surface area contributed by atoms with Gasteiger partial charge in [-0.15, -0.1) is 4.48 Å². The lowest BCUT2D eigenvalue weighted by Crippen LogP contribution is -2.31. The number of rotatable bonds is 4. The third-order valence-corrected chi connectivity index (χ3v) is 1.02. The highest BCUT2D eigenvalue weighted by Gasteiger charge is 1.98. The predicted octanol–water partition coefficient (Wildman–Crippen LogP) is 1.83. The average molecular weight is 233 g/mol. The Morgan fingerprint density at radius 1 is 1.50 bits per heavy atom. The Balaban J connectivity index is 0. The molecule has 0 aliphatic rings. The van der Waals surface area contributed by atoms with Crippen molar-refractivity contribution in [1.82, 2.24) is 10.9 Å². The fourth-order valence-corrected chi connectivity index (χ4v) is 0.559. The molecule has 0 spiro atoms. The first-order valence-electron chi connectivity index (χ1n) is 5.03. The van der Waals surface area contributed by atoms with Crippen molar-refractivity contribution in [2.75, 3.05) is 6.54 Å². The van der Waals surface area contributed by atoms with E-state index in [1.807, 2.05) is 0 Å². The first-order chi connectivity index (χ1) is 7.47. The summed E-state index contributed by atoms with van der Waals surface area (Å²) in [5.41, 5.74) is 1.81. The number of hydrogen-bond donors (Lipinski definition) is 3. The number of nitrogens with zero attached hydrogens (tertiary/aromatic N) is 1. The summed E-state index contributed by atoms with van der Waals surface area (Å²) < 4.78 is 11.9. The molecule has 0 bridgehead atoms. The minimum absolute atomic E-state index is 0.0157. The highest BCUT2D eigenvalue weighted by atomic mass is 19.2. The number of aliphatic carboxylic acids is 1. The first-order valence-corrected chi connectivity index (χ1v) is 5.03. The molecule has 0 aromatic rings. The van der Waals surface area contributed by atoms with Gasteiger partial charge >= 0.3 is 5.97 Å². The smallest absolute Gasteiger partial charge is 0.305 e. The number of aliphatic imine (C=N–C) groups is 1. The van der Waals surface area contributed by atoms with Crippen LogP contribution in [0.4, 0.5) is 4.48 Å². The summed E-state index contributed by atoms with van der Waals surface area (Å²) in [6.45, 7) is 9.37. The lowest BCUT2D eigenvalue weighted by molar-refractivity contribution is -0.136. The predicted molar refractivity (Wildman–Crippen MR) is 62.7 cm³/mol. The van der Waals surface area contributed by atoms with Crippen LogP contribution in [0.1, 0.15) is 33.6 Å². The summed E-state index contributed by atoms with van der Waals surface area (Å²) in [7, 11) is 0. The summed E-state index contributed by atoms with van der Waals surface area (Å²) in [4.78, 5) is 13.7. The molecule has 0 fully saturated rings. The van der Waals surface area contributed by atoms with E-state index in [-0.39, 0.29) is 18.9 Å². The summed E-state index contributed by atoms with van der Waals surface area (Å²) >= 11 is 0. The molecule has 0 saturated heterocycles. The van der Waals surface area contributed by atoms with Crippen molar-refractivity contribution in [1.29, 1.82) is 0 Å². The van der Waals surface area contributed by atoms with Crippen LogP contribution in [0.5, 0.6) is 0 Å². The van der Waals surface area contributed by atoms with Crippen molar-refractivity contribution in [2.45, 2.75) is 33.6 Å². The molecular formula is C10H20FN3O2. The van der Waals surface area contributed by atoms with E-state index in [0.717, 1.165) is 0 Å². The van der Waals surface area contributed by atoms with E-state index in [1.165, 1.54) is 12.0 Å². The molecule has 0 heterocycles. The number of hydrogen-bond acceptors (Lipinski definition) is 2. The van der Waals surface area contributed by atoms with Crippen molar-refractivity contribution in [3.8, 4) is 0 Å². The van der Waals surface area contributed by atoms with Crippen molar-refractivity contribution >= 4 is 11.9 Å². The van der Waals surface area contributed by atoms with E-state index in [9.17, 15) is 9.28 Å². The molecule has 0 amide bonds. The molecular weight excluding hydrogens is 213 g/mol. The Labute approximate surface area is 95.4 Å². The number of carboxylic acids is 1. The number of halogens is 1. The number of nitrogens with one attached hydrogen (secondary N) is 2. The number of carbonyl (C=O) groups is 1. The van der Waals surface area contributed by atoms with Crippen LogP contribution in [-0.2, 0) is 4.79 Å². The van der Waals surface area contributed by atoms with Crippen LogP contribution in [0, 0.1) is 0 Å². The monoisotopic (exact) mass is 233 g/mol. The van der Waals surface area contributed by atoms with E-state index < -0.39 is 5.97 Å². The third-order valence-electron chi connectivity index (χ3n) is 1.02. The molecule has 0 radical (unpaired) electrons. The van der Waals surface area contributed by atoms with Crippen LogP contribution in [0.2, 0.25) is 0 Å². The highest BCUT2D eigenvalue weighted by molar-refractivity contribution is 5.80. The second-order valence-corrected chi connectivity index (χ2v) is 3.08. The Bertz CT molecular complexity index is 242. The molecule has 6 heteroatoms. The SMILES string of the molecule is C=C(C)NC(=NCCC(=O)O)NF.CCC. The Morgan fingerprint density at radius 3 is 2.31 bits per heavy atom. The minimum Gasteiger partial charge on any atom is -0.481 e. The van der Waals surface area contributed by atoms with E-state index in [2.05, 4.69) is 30.7 Å². The van der Waals surface area contributed by atoms with Gasteiger partial charge < -0.3 is 10.4 Å². The van der Waals surface area contributed by atoms with Crippen LogP contribution in [0.15, 0.2) is 17.3 Å². The second kappa shape index (κ2) is 11.5. The van der Waals surface area contributed by atoms with Gasteiger partial charge in [0.05, 0.1) is 13.0 Å². The van der Waals surface area contributed by atoms with Gasteiger partial charge in [-0.25, -0.2) is 0 Å². The second-order valence-electron chi connectivity index (χ2n) is 3.08. The zero-order valence-corrected chi connectivity index (χ0v) is 10.0. The number of guanidine groups is 1. The molecule has 16 heavy (non-hydrogen) atoms. The summed E-state index contributed by atoms with van der Waals surface area (Å²) in [5.74, 6) is -1.11. The summed E-state index contributed by atoms with van der Waals surface area (Å²) in [5, 5.41) is 10.7. The largest absolute Gasteiger partial charge is 0.481 e. The zero-order valence-electron chi connectivity index (χ0n) is 10.0. The van der Waals surface area contributed by atoms with Crippen LogP contribution in [0.3, 0.4) is 0 Å². The fraction of sp³-hybridized carbons (Fsp3) is 0.600. The van der Waals surface area contributed by atoms with Gasteiger partial charge in [-0.2, -0.15) is 5.54 Å². The minimum atomic E-state index is -0.975. The standard InChI is InChI=1S/C7H12FN3O2.C3H8/c1-5(2)10-7(11-8)9-4-3-6(12)13;1-3-2/h1,3-4H2,2H3,(H,12,13)(H2,9,10,11);3H2,1-2H3. The maximum Gasteiger partial charge on any atom is 0.305 e. The van der Waals surface area contributed by atoms with Crippen LogP contribution >= 0.6 is 0 Å². The average Bonchev–Trinajstić information content (AvgIpc) is 2.16. The van der Waals surface area contributed by atoms with Crippen molar-refractivity contribution in [3.63, 3.8) is 0 Å². The van der Waals surface area contributed by atoms with Crippen LogP contribution in [0.25, 0.3) is 0 Å². The van der Waals surface area contributed by atoms with Gasteiger partial charge in [0.2, 0.25) is 5.96 Å². The number of allylic oxidation sites excluding steroid dienone is 1. The molecule has 0 aliphatic carbocycles. The molecule has 0 saturated carbocycles. The topological polar surface area (TPSA) is 73.7 Å². The molecule has 0 atom stereocenters. The van der Waals surface area contributed by atoms with E-state index in [4.69, 9.17) is 5.11 Å². The third kappa shape index (κ3) is 14.9. The van der Waals surface area contributed by atoms with Gasteiger partial charge in [-0.05, 0) is 6.92 Å². The van der Waals surface area contributed by atoms with Crippen LogP contribution < -0.4 is 10.9 Å². The molecule has 0 unspecified atom stereocenters. The number of carboxylic acid groups (broad SMARTS) is 1. The molecule has 0 aliphatic heterocycles. The Kier molecular flexibility index (Phi) is 12.1. The Hall–Kier alpha value is -1.59. The normalized spacial score (nSPS) is 9.88. The van der Waals surface area contributed by atoms with Crippen molar-refractivity contribution < 1.29 is 14.4 Å². The van der Waals surface area contributed by atoms with Gasteiger partial charge in [0.25, 0.3) is 0 Å². The van der Waals surface area contributed by atoms with Crippen molar-refractivity contribution in [3.05, 3.63) is 12.3 Å². The van der Waals surface area contributed by atoms with E-state index in [1.54, 1.807) is 6.92 Å². The first kappa shape index (κ1) is 16.8. The van der Waals surface area contributed by atoms with Gasteiger partial charge in [0, 0.05) is 5.70 Å².